The summed E-state index contributed by atoms with van der Waals surface area (Å²) >= 11 is 0. The second-order valence-electron chi connectivity index (χ2n) is 13.3. The molecule has 1 amide bonds. The van der Waals surface area contributed by atoms with Crippen LogP contribution in [0.5, 0.6) is 5.75 Å². The quantitative estimate of drug-likeness (QED) is 0.267. The van der Waals surface area contributed by atoms with Gasteiger partial charge in [0.05, 0.1) is 36.8 Å². The molecule has 0 radical (unpaired) electrons. The lowest BCUT2D eigenvalue weighted by Crippen LogP contribution is -2.53. The highest BCUT2D eigenvalue weighted by atomic mass is 19.1. The van der Waals surface area contributed by atoms with Crippen molar-refractivity contribution in [3.05, 3.63) is 72.6 Å². The van der Waals surface area contributed by atoms with Crippen LogP contribution in [0.3, 0.4) is 0 Å². The van der Waals surface area contributed by atoms with Gasteiger partial charge < -0.3 is 20.3 Å². The van der Waals surface area contributed by atoms with Gasteiger partial charge in [0.2, 0.25) is 5.91 Å². The minimum atomic E-state index is -0.611. The number of ether oxygens (including phenoxy) is 1. The van der Waals surface area contributed by atoms with Gasteiger partial charge in [-0.15, -0.1) is 0 Å². The first-order valence-corrected chi connectivity index (χ1v) is 17.2. The van der Waals surface area contributed by atoms with Crippen molar-refractivity contribution >= 4 is 34.6 Å². The number of benzene rings is 2. The fraction of sp³-hybridized carbons (Fsp3) is 0.472. The molecule has 13 heteroatoms. The summed E-state index contributed by atoms with van der Waals surface area (Å²) in [6.45, 7) is 10.5. The van der Waals surface area contributed by atoms with E-state index in [2.05, 4.69) is 41.9 Å². The number of carbonyl (C=O) groups excluding carboxylic acids is 1. The molecule has 1 atom stereocenters. The van der Waals surface area contributed by atoms with E-state index in [1.165, 1.54) is 50.5 Å². The molecule has 2 N–H and O–H groups in total. The van der Waals surface area contributed by atoms with Gasteiger partial charge in [0.1, 0.15) is 29.5 Å². The zero-order valence-electron chi connectivity index (χ0n) is 27.9. The number of hydroxylamine groups is 1. The lowest BCUT2D eigenvalue weighted by atomic mass is 10.0. The minimum Gasteiger partial charge on any atom is -0.494 e. The van der Waals surface area contributed by atoms with Crippen LogP contribution < -0.4 is 25.3 Å². The average Bonchev–Trinajstić information content (AvgIpc) is 3.86. The Bertz CT molecular complexity index is 1640. The molecule has 0 spiro atoms. The number of hydrogen-bond donors (Lipinski definition) is 2. The molecule has 3 saturated heterocycles. The number of amides is 1. The van der Waals surface area contributed by atoms with Crippen LogP contribution in [0.1, 0.15) is 37.7 Å². The fourth-order valence-corrected chi connectivity index (χ4v) is 7.38. The smallest absolute Gasteiger partial charge is 0.247 e. The molecule has 4 heterocycles. The van der Waals surface area contributed by atoms with Gasteiger partial charge >= 0.3 is 0 Å². The van der Waals surface area contributed by atoms with Crippen LogP contribution in [0.2, 0.25) is 0 Å². The van der Waals surface area contributed by atoms with E-state index >= 15 is 0 Å². The van der Waals surface area contributed by atoms with Gasteiger partial charge in [-0.25, -0.2) is 23.8 Å². The molecular weight excluding hydrogens is 630 g/mol. The Morgan fingerprint density at radius 3 is 2.27 bits per heavy atom. The van der Waals surface area contributed by atoms with Gasteiger partial charge in [0, 0.05) is 69.6 Å². The van der Waals surface area contributed by atoms with Crippen LogP contribution >= 0.6 is 0 Å². The number of nitrogens with zero attached hydrogens (tertiary/aromatic N) is 6. The monoisotopic (exact) mass is 674 g/mol. The number of carbonyl (C=O) groups is 1. The highest BCUT2D eigenvalue weighted by Gasteiger charge is 2.34. The number of halogens is 2. The fourth-order valence-electron chi connectivity index (χ4n) is 7.38. The molecule has 1 saturated carbocycles. The Balaban J connectivity index is 1.06. The van der Waals surface area contributed by atoms with Crippen molar-refractivity contribution in [2.45, 2.75) is 56.7 Å². The van der Waals surface area contributed by atoms with E-state index in [-0.39, 0.29) is 11.9 Å². The number of methoxy groups -OCH3 is 1. The molecule has 2 aromatic carbocycles. The molecule has 1 aliphatic carbocycles. The number of piperazine rings is 1. The average molecular weight is 675 g/mol. The van der Waals surface area contributed by atoms with Crippen molar-refractivity contribution in [1.29, 1.82) is 0 Å². The highest BCUT2D eigenvalue weighted by Crippen LogP contribution is 2.40. The number of piperidine rings is 1. The summed E-state index contributed by atoms with van der Waals surface area (Å²) in [5.74, 6) is 0.0450. The largest absolute Gasteiger partial charge is 0.494 e. The van der Waals surface area contributed by atoms with Crippen molar-refractivity contribution in [3.63, 3.8) is 0 Å². The van der Waals surface area contributed by atoms with Crippen LogP contribution in [-0.4, -0.2) is 96.8 Å². The zero-order chi connectivity index (χ0) is 33.9. The Morgan fingerprint density at radius 2 is 1.61 bits per heavy atom. The van der Waals surface area contributed by atoms with E-state index < -0.39 is 11.6 Å². The maximum atomic E-state index is 13.9. The summed E-state index contributed by atoms with van der Waals surface area (Å²) in [6.07, 6.45) is 8.57. The normalized spacial score (nSPS) is 20.8. The number of anilines is 5. The van der Waals surface area contributed by atoms with Crippen LogP contribution in [0.25, 0.3) is 0 Å². The standard InChI is InChI=1S/C36H44F2N8O3/c1-3-36(47)42-30-20-31(33(48-2)21-32(30)45-9-6-28(7-10-45)44-13-11-43(12-14-44)27-4-5-27)41-34-22-35(40-23-39-34)46-29(8-15-49-46)18-24-16-25(37)19-26(38)17-24/h3,16-17,19-23,27-29H,1,4-15,18H2,2H3,(H,42,47)(H,39,40,41). The SMILES string of the molecule is C=CC(=O)Nc1cc(Nc2cc(N3OCCC3Cc3cc(F)cc(F)c3)ncn2)c(OC)cc1N1CCC(N2CCN(C3CC3)CC2)CC1. The van der Waals surface area contributed by atoms with E-state index in [1.54, 1.807) is 18.2 Å². The molecular formula is C36H44F2N8O3. The van der Waals surface area contributed by atoms with Crippen LogP contribution in [0, 0.1) is 11.6 Å². The van der Waals surface area contributed by atoms with E-state index in [0.29, 0.717) is 59.8 Å². The van der Waals surface area contributed by atoms with E-state index in [4.69, 9.17) is 9.57 Å². The summed E-state index contributed by atoms with van der Waals surface area (Å²) in [4.78, 5) is 34.9. The molecule has 1 aromatic heterocycles. The van der Waals surface area contributed by atoms with Gasteiger partial charge in [-0.3, -0.25) is 19.4 Å². The summed E-state index contributed by atoms with van der Waals surface area (Å²) in [7, 11) is 1.61. The summed E-state index contributed by atoms with van der Waals surface area (Å²) in [6, 6.07) is 10.3. The number of aromatic nitrogens is 2. The second kappa shape index (κ2) is 14.7. The second-order valence-corrected chi connectivity index (χ2v) is 13.3. The Hall–Kier alpha value is -4.33. The number of hydrogen-bond acceptors (Lipinski definition) is 10. The van der Waals surface area contributed by atoms with Crippen molar-refractivity contribution in [2.24, 2.45) is 0 Å². The first-order valence-electron chi connectivity index (χ1n) is 17.2. The Morgan fingerprint density at radius 1 is 0.918 bits per heavy atom. The van der Waals surface area contributed by atoms with Gasteiger partial charge in [-0.2, -0.15) is 0 Å². The third-order valence-electron chi connectivity index (χ3n) is 10.0. The van der Waals surface area contributed by atoms with Gasteiger partial charge in [-0.1, -0.05) is 6.58 Å². The highest BCUT2D eigenvalue weighted by molar-refractivity contribution is 6.02. The topological polar surface area (TPSA) is 98.3 Å². The molecule has 3 aromatic rings. The van der Waals surface area contributed by atoms with Crippen LogP contribution in [-0.2, 0) is 16.1 Å². The predicted molar refractivity (Wildman–Crippen MR) is 185 cm³/mol. The minimum absolute atomic E-state index is 0.171. The Kier molecular flexibility index (Phi) is 9.92. The van der Waals surface area contributed by atoms with Gasteiger partial charge in [0.15, 0.2) is 5.82 Å². The van der Waals surface area contributed by atoms with Crippen LogP contribution in [0.4, 0.5) is 37.5 Å². The lowest BCUT2D eigenvalue weighted by Gasteiger charge is -2.43. The predicted octanol–water partition coefficient (Wildman–Crippen LogP) is 5.13. The van der Waals surface area contributed by atoms with Crippen LogP contribution in [0.15, 0.2) is 55.4 Å². The molecule has 1 unspecified atom stereocenters. The Labute approximate surface area is 285 Å². The van der Waals surface area contributed by atoms with Gasteiger partial charge in [-0.05, 0) is 68.4 Å². The lowest BCUT2D eigenvalue weighted by molar-refractivity contribution is -0.111. The molecule has 3 aliphatic heterocycles. The maximum Gasteiger partial charge on any atom is 0.247 e. The first-order chi connectivity index (χ1) is 23.9. The third-order valence-corrected chi connectivity index (χ3v) is 10.0. The van der Waals surface area contributed by atoms with Crippen molar-refractivity contribution in [3.8, 4) is 5.75 Å². The number of nitrogens with one attached hydrogen (secondary N) is 2. The van der Waals surface area contributed by atoms with Gasteiger partial charge in [0.25, 0.3) is 0 Å². The van der Waals surface area contributed by atoms with E-state index in [9.17, 15) is 13.6 Å². The van der Waals surface area contributed by atoms with E-state index in [1.807, 2.05) is 12.1 Å². The summed E-state index contributed by atoms with van der Waals surface area (Å²) in [5.41, 5.74) is 2.68. The molecule has 7 rings (SSSR count). The van der Waals surface area contributed by atoms with Crippen molar-refractivity contribution in [2.75, 3.05) is 73.6 Å². The zero-order valence-corrected chi connectivity index (χ0v) is 27.9. The summed E-state index contributed by atoms with van der Waals surface area (Å²) < 4.78 is 33.6. The third kappa shape index (κ3) is 7.79. The maximum absolute atomic E-state index is 13.9. The molecule has 4 fully saturated rings. The molecule has 4 aliphatic rings. The molecule has 11 nitrogen and oxygen atoms in total. The summed E-state index contributed by atoms with van der Waals surface area (Å²) in [5, 5.41) is 8.00. The first kappa shape index (κ1) is 33.2. The number of rotatable bonds is 11. The van der Waals surface area contributed by atoms with Crippen molar-refractivity contribution < 1.29 is 23.1 Å². The van der Waals surface area contributed by atoms with E-state index in [0.717, 1.165) is 56.8 Å². The molecule has 0 bridgehead atoms. The van der Waals surface area contributed by atoms with Crippen molar-refractivity contribution in [1.82, 2.24) is 19.8 Å². The molecule has 49 heavy (non-hydrogen) atoms. The molecule has 260 valence electrons.